The first-order chi connectivity index (χ1) is 14.9. The second kappa shape index (κ2) is 7.69. The van der Waals surface area contributed by atoms with Crippen molar-refractivity contribution in [2.45, 2.75) is 31.5 Å². The number of nitrogens with one attached hydrogen (secondary N) is 1. The van der Waals surface area contributed by atoms with Gasteiger partial charge >= 0.3 is 6.18 Å². The molecule has 31 heavy (non-hydrogen) atoms. The quantitative estimate of drug-likeness (QED) is 0.807. The average molecular weight is 431 g/mol. The maximum Gasteiger partial charge on any atom is 0.416 e. The molecular weight excluding hydrogens is 407 g/mol. The van der Waals surface area contributed by atoms with Crippen LogP contribution in [0.2, 0.25) is 0 Å². The molecule has 1 saturated heterocycles. The van der Waals surface area contributed by atoms with E-state index >= 15 is 0 Å². The fourth-order valence-electron chi connectivity index (χ4n) is 4.63. The summed E-state index contributed by atoms with van der Waals surface area (Å²) in [6, 6.07) is 5.50. The van der Waals surface area contributed by atoms with Crippen LogP contribution >= 0.6 is 0 Å². The second-order valence-corrected chi connectivity index (χ2v) is 8.60. The molecule has 5 rings (SSSR count). The summed E-state index contributed by atoms with van der Waals surface area (Å²) in [5, 5.41) is 3.04. The first kappa shape index (κ1) is 20.1. The minimum absolute atomic E-state index is 0.0826. The normalized spacial score (nSPS) is 23.2. The highest BCUT2D eigenvalue weighted by molar-refractivity contribution is 5.82. The number of carbonyl (C=O) groups is 1. The minimum Gasteiger partial charge on any atom is -0.364 e. The van der Waals surface area contributed by atoms with Crippen LogP contribution in [-0.4, -0.2) is 48.1 Å². The number of anilines is 2. The van der Waals surface area contributed by atoms with Crippen molar-refractivity contribution in [1.82, 2.24) is 15.3 Å². The second-order valence-electron chi connectivity index (χ2n) is 8.60. The Balaban J connectivity index is 1.45. The van der Waals surface area contributed by atoms with Crippen LogP contribution in [0.5, 0.6) is 0 Å². The van der Waals surface area contributed by atoms with Crippen molar-refractivity contribution >= 4 is 17.5 Å². The summed E-state index contributed by atoms with van der Waals surface area (Å²) in [7, 11) is 0. The van der Waals surface area contributed by atoms with Crippen LogP contribution in [-0.2, 0) is 17.4 Å². The van der Waals surface area contributed by atoms with Gasteiger partial charge < -0.3 is 15.1 Å². The summed E-state index contributed by atoms with van der Waals surface area (Å²) in [6.45, 7) is 2.42. The SMILES string of the molecule is O=C(NCC1CC1)[C@H]1Cc2cc(C(F)(F)F)ccc2N2CCN(c3ncccn3)C[C@H]12. The number of carbonyl (C=O) groups excluding carboxylic acids is 1. The Kier molecular flexibility index (Phi) is 4.98. The molecule has 3 heterocycles. The number of amides is 1. The molecule has 1 aromatic heterocycles. The Bertz CT molecular complexity index is 963. The molecule has 0 bridgehead atoms. The molecule has 1 aliphatic carbocycles. The smallest absolute Gasteiger partial charge is 0.364 e. The number of benzene rings is 1. The highest BCUT2D eigenvalue weighted by Crippen LogP contribution is 2.40. The van der Waals surface area contributed by atoms with Crippen LogP contribution in [0.3, 0.4) is 0 Å². The molecule has 1 aromatic carbocycles. The number of piperazine rings is 1. The fraction of sp³-hybridized carbons (Fsp3) is 0.500. The third-order valence-electron chi connectivity index (χ3n) is 6.47. The molecule has 2 atom stereocenters. The molecule has 1 saturated carbocycles. The van der Waals surface area contributed by atoms with E-state index in [0.717, 1.165) is 24.6 Å². The first-order valence-corrected chi connectivity index (χ1v) is 10.7. The van der Waals surface area contributed by atoms with E-state index in [0.29, 0.717) is 50.0 Å². The van der Waals surface area contributed by atoms with Gasteiger partial charge in [-0.15, -0.1) is 0 Å². The lowest BCUT2D eigenvalue weighted by atomic mass is 9.82. The summed E-state index contributed by atoms with van der Waals surface area (Å²) in [4.78, 5) is 25.9. The summed E-state index contributed by atoms with van der Waals surface area (Å²) >= 11 is 0. The summed E-state index contributed by atoms with van der Waals surface area (Å²) in [5.41, 5.74) is 0.707. The molecule has 3 aliphatic rings. The molecule has 1 N–H and O–H groups in total. The minimum atomic E-state index is -4.40. The van der Waals surface area contributed by atoms with Crippen LogP contribution in [0.15, 0.2) is 36.7 Å². The number of hydrogen-bond donors (Lipinski definition) is 1. The van der Waals surface area contributed by atoms with E-state index in [1.165, 1.54) is 6.07 Å². The zero-order valence-corrected chi connectivity index (χ0v) is 17.0. The van der Waals surface area contributed by atoms with Crippen LogP contribution in [0.4, 0.5) is 24.8 Å². The summed E-state index contributed by atoms with van der Waals surface area (Å²) < 4.78 is 39.9. The van der Waals surface area contributed by atoms with Gasteiger partial charge in [-0.2, -0.15) is 13.2 Å². The van der Waals surface area contributed by atoms with Crippen LogP contribution in [0, 0.1) is 11.8 Å². The highest BCUT2D eigenvalue weighted by atomic mass is 19.4. The Labute approximate surface area is 178 Å². The van der Waals surface area contributed by atoms with Crippen LogP contribution in [0.1, 0.15) is 24.0 Å². The standard InChI is InChI=1S/C22H24F3N5O/c23-22(24,25)16-4-5-18-15(10-16)11-17(20(31)28-12-14-2-3-14)19-13-29(8-9-30(18)19)21-26-6-1-7-27-21/h1,4-7,10,14,17,19H,2-3,8-9,11-13H2,(H,28,31)/t17-,19+/m0/s1. The Hall–Kier alpha value is -2.84. The topological polar surface area (TPSA) is 61.4 Å². The van der Waals surface area contributed by atoms with Gasteiger partial charge in [0.15, 0.2) is 0 Å². The van der Waals surface area contributed by atoms with Gasteiger partial charge in [-0.25, -0.2) is 9.97 Å². The van der Waals surface area contributed by atoms with Crippen molar-refractivity contribution in [3.8, 4) is 0 Å². The molecule has 0 unspecified atom stereocenters. The van der Waals surface area contributed by atoms with Crippen molar-refractivity contribution < 1.29 is 18.0 Å². The number of rotatable bonds is 4. The van der Waals surface area contributed by atoms with Gasteiger partial charge in [0, 0.05) is 44.3 Å². The van der Waals surface area contributed by atoms with E-state index < -0.39 is 17.7 Å². The average Bonchev–Trinajstić information content (AvgIpc) is 3.60. The lowest BCUT2D eigenvalue weighted by Gasteiger charge is -2.49. The van der Waals surface area contributed by atoms with Crippen molar-refractivity contribution in [3.05, 3.63) is 47.8 Å². The van der Waals surface area contributed by atoms with Crippen molar-refractivity contribution in [3.63, 3.8) is 0 Å². The van der Waals surface area contributed by atoms with E-state index in [1.807, 2.05) is 0 Å². The maximum absolute atomic E-state index is 13.3. The number of nitrogens with zero attached hydrogens (tertiary/aromatic N) is 4. The first-order valence-electron chi connectivity index (χ1n) is 10.7. The van der Waals surface area contributed by atoms with Crippen molar-refractivity contribution in [2.75, 3.05) is 36.0 Å². The van der Waals surface area contributed by atoms with Gasteiger partial charge in [0.25, 0.3) is 0 Å². The van der Waals surface area contributed by atoms with Crippen molar-refractivity contribution in [2.24, 2.45) is 11.8 Å². The molecule has 0 radical (unpaired) electrons. The van der Waals surface area contributed by atoms with Crippen molar-refractivity contribution in [1.29, 1.82) is 0 Å². The molecule has 2 aromatic rings. The van der Waals surface area contributed by atoms with Gasteiger partial charge in [0.2, 0.25) is 11.9 Å². The zero-order valence-electron chi connectivity index (χ0n) is 17.0. The molecule has 0 spiro atoms. The Morgan fingerprint density at radius 3 is 2.65 bits per heavy atom. The predicted octanol–water partition coefficient (Wildman–Crippen LogP) is 2.89. The van der Waals surface area contributed by atoms with E-state index in [9.17, 15) is 18.0 Å². The Morgan fingerprint density at radius 1 is 1.16 bits per heavy atom. The van der Waals surface area contributed by atoms with Gasteiger partial charge in [-0.3, -0.25) is 4.79 Å². The third-order valence-corrected chi connectivity index (χ3v) is 6.47. The lowest BCUT2D eigenvalue weighted by Crippen LogP contribution is -2.61. The molecule has 6 nitrogen and oxygen atoms in total. The van der Waals surface area contributed by atoms with E-state index in [-0.39, 0.29) is 11.9 Å². The van der Waals surface area contributed by atoms with E-state index in [1.54, 1.807) is 24.5 Å². The number of halogens is 3. The van der Waals surface area contributed by atoms with Gasteiger partial charge in [-0.05, 0) is 55.0 Å². The summed E-state index contributed by atoms with van der Waals surface area (Å²) in [5.74, 6) is 0.632. The fourth-order valence-corrected chi connectivity index (χ4v) is 4.63. The largest absolute Gasteiger partial charge is 0.416 e. The van der Waals surface area contributed by atoms with Gasteiger partial charge in [0.1, 0.15) is 0 Å². The molecular formula is C22H24F3N5O. The monoisotopic (exact) mass is 431 g/mol. The van der Waals surface area contributed by atoms with Gasteiger partial charge in [0.05, 0.1) is 17.5 Å². The predicted molar refractivity (Wildman–Crippen MR) is 110 cm³/mol. The number of hydrogen-bond acceptors (Lipinski definition) is 5. The molecule has 1 amide bonds. The molecule has 2 fully saturated rings. The maximum atomic E-state index is 13.3. The number of aromatic nitrogens is 2. The Morgan fingerprint density at radius 2 is 1.94 bits per heavy atom. The molecule has 9 heteroatoms. The third kappa shape index (κ3) is 4.05. The van der Waals surface area contributed by atoms with Gasteiger partial charge in [-0.1, -0.05) is 0 Å². The van der Waals surface area contributed by atoms with Crippen LogP contribution < -0.4 is 15.1 Å². The number of fused-ring (bicyclic) bond motifs is 3. The van der Waals surface area contributed by atoms with Crippen LogP contribution in [0.25, 0.3) is 0 Å². The van der Waals surface area contributed by atoms with E-state index in [4.69, 9.17) is 0 Å². The summed E-state index contributed by atoms with van der Waals surface area (Å²) in [6.07, 6.45) is 1.50. The molecule has 164 valence electrons. The lowest BCUT2D eigenvalue weighted by molar-refractivity contribution is -0.137. The molecule has 2 aliphatic heterocycles. The van der Waals surface area contributed by atoms with E-state index in [2.05, 4.69) is 25.1 Å². The highest BCUT2D eigenvalue weighted by Gasteiger charge is 2.43. The number of alkyl halides is 3. The zero-order chi connectivity index (χ0) is 21.6.